The highest BCUT2D eigenvalue weighted by Crippen LogP contribution is 2.35. The SMILES string of the molecule is Cc1c(-c2ccccc2F)nn2c1OCCC2C. The van der Waals surface area contributed by atoms with E-state index in [2.05, 4.69) is 12.0 Å². The molecule has 1 unspecified atom stereocenters. The molecule has 0 spiro atoms. The van der Waals surface area contributed by atoms with Crippen LogP contribution >= 0.6 is 0 Å². The number of aromatic nitrogens is 2. The second kappa shape index (κ2) is 4.12. The molecule has 1 atom stereocenters. The van der Waals surface area contributed by atoms with Crippen LogP contribution < -0.4 is 4.74 Å². The summed E-state index contributed by atoms with van der Waals surface area (Å²) in [7, 11) is 0. The van der Waals surface area contributed by atoms with Gasteiger partial charge in [0.15, 0.2) is 0 Å². The highest BCUT2D eigenvalue weighted by Gasteiger charge is 2.25. The monoisotopic (exact) mass is 246 g/mol. The lowest BCUT2D eigenvalue weighted by atomic mass is 10.1. The number of fused-ring (bicyclic) bond motifs is 1. The van der Waals surface area contributed by atoms with Crippen molar-refractivity contribution in [3.8, 4) is 17.1 Å². The molecular formula is C14H15FN2O. The Bertz CT molecular complexity index is 591. The molecule has 0 saturated carbocycles. The first-order valence-corrected chi connectivity index (χ1v) is 6.15. The minimum atomic E-state index is -0.247. The number of hydrogen-bond acceptors (Lipinski definition) is 2. The Balaban J connectivity index is 2.17. The molecule has 0 N–H and O–H groups in total. The van der Waals surface area contributed by atoms with Gasteiger partial charge in [-0.25, -0.2) is 9.07 Å². The maximum absolute atomic E-state index is 13.8. The predicted molar refractivity (Wildman–Crippen MR) is 67.2 cm³/mol. The van der Waals surface area contributed by atoms with Crippen LogP contribution in [0.15, 0.2) is 24.3 Å². The third-order valence-electron chi connectivity index (χ3n) is 3.41. The van der Waals surface area contributed by atoms with Gasteiger partial charge in [0.05, 0.1) is 12.6 Å². The van der Waals surface area contributed by atoms with E-state index in [1.54, 1.807) is 12.1 Å². The third kappa shape index (κ3) is 1.60. The summed E-state index contributed by atoms with van der Waals surface area (Å²) in [4.78, 5) is 0. The lowest BCUT2D eigenvalue weighted by Crippen LogP contribution is -2.19. The fourth-order valence-electron chi connectivity index (χ4n) is 2.33. The first-order chi connectivity index (χ1) is 8.68. The zero-order chi connectivity index (χ0) is 12.7. The average Bonchev–Trinajstić information content (AvgIpc) is 2.70. The van der Waals surface area contributed by atoms with E-state index in [1.807, 2.05) is 17.7 Å². The quantitative estimate of drug-likeness (QED) is 0.771. The van der Waals surface area contributed by atoms with Crippen molar-refractivity contribution in [2.45, 2.75) is 26.3 Å². The van der Waals surface area contributed by atoms with E-state index in [4.69, 9.17) is 4.74 Å². The second-order valence-electron chi connectivity index (χ2n) is 4.69. The summed E-state index contributed by atoms with van der Waals surface area (Å²) in [6, 6.07) is 7.01. The lowest BCUT2D eigenvalue weighted by Gasteiger charge is -2.21. The van der Waals surface area contributed by atoms with E-state index < -0.39 is 0 Å². The summed E-state index contributed by atoms with van der Waals surface area (Å²) in [5, 5.41) is 4.51. The van der Waals surface area contributed by atoms with Crippen LogP contribution in [0.5, 0.6) is 5.88 Å². The number of nitrogens with zero attached hydrogens (tertiary/aromatic N) is 2. The van der Waals surface area contributed by atoms with Gasteiger partial charge < -0.3 is 4.74 Å². The highest BCUT2D eigenvalue weighted by atomic mass is 19.1. The molecule has 3 rings (SSSR count). The van der Waals surface area contributed by atoms with Crippen LogP contribution in [0.25, 0.3) is 11.3 Å². The van der Waals surface area contributed by atoms with Gasteiger partial charge in [0.2, 0.25) is 5.88 Å². The molecule has 1 aliphatic rings. The largest absolute Gasteiger partial charge is 0.478 e. The van der Waals surface area contributed by atoms with Gasteiger partial charge in [0.25, 0.3) is 0 Å². The maximum atomic E-state index is 13.8. The molecule has 18 heavy (non-hydrogen) atoms. The van der Waals surface area contributed by atoms with Gasteiger partial charge in [0.1, 0.15) is 11.5 Å². The fraction of sp³-hybridized carbons (Fsp3) is 0.357. The Labute approximate surface area is 105 Å². The van der Waals surface area contributed by atoms with E-state index in [9.17, 15) is 4.39 Å². The summed E-state index contributed by atoms with van der Waals surface area (Å²) in [6.45, 7) is 4.73. The summed E-state index contributed by atoms with van der Waals surface area (Å²) in [6.07, 6.45) is 0.935. The van der Waals surface area contributed by atoms with Gasteiger partial charge in [-0.15, -0.1) is 0 Å². The van der Waals surface area contributed by atoms with Gasteiger partial charge in [-0.05, 0) is 26.0 Å². The molecule has 0 fully saturated rings. The summed E-state index contributed by atoms with van der Waals surface area (Å²) in [5.74, 6) is 0.524. The minimum absolute atomic E-state index is 0.247. The minimum Gasteiger partial charge on any atom is -0.478 e. The van der Waals surface area contributed by atoms with Gasteiger partial charge in [-0.2, -0.15) is 5.10 Å². The molecule has 0 radical (unpaired) electrons. The number of rotatable bonds is 1. The van der Waals surface area contributed by atoms with Gasteiger partial charge in [-0.3, -0.25) is 0 Å². The molecule has 0 bridgehead atoms. The number of benzene rings is 1. The molecule has 2 heterocycles. The molecule has 1 aliphatic heterocycles. The molecule has 0 saturated heterocycles. The van der Waals surface area contributed by atoms with E-state index in [0.717, 1.165) is 17.9 Å². The fourth-order valence-corrected chi connectivity index (χ4v) is 2.33. The molecule has 3 nitrogen and oxygen atoms in total. The highest BCUT2D eigenvalue weighted by molar-refractivity contribution is 5.65. The first kappa shape index (κ1) is 11.3. The maximum Gasteiger partial charge on any atom is 0.215 e. The van der Waals surface area contributed by atoms with Crippen LogP contribution in [0, 0.1) is 12.7 Å². The number of halogens is 1. The van der Waals surface area contributed by atoms with E-state index in [0.29, 0.717) is 23.9 Å². The molecule has 1 aromatic carbocycles. The Kier molecular flexibility index (Phi) is 2.58. The van der Waals surface area contributed by atoms with Gasteiger partial charge in [-0.1, -0.05) is 12.1 Å². The molecular weight excluding hydrogens is 231 g/mol. The van der Waals surface area contributed by atoms with Crippen LogP contribution in [-0.2, 0) is 0 Å². The Morgan fingerprint density at radius 2 is 2.17 bits per heavy atom. The van der Waals surface area contributed by atoms with Crippen molar-refractivity contribution in [1.29, 1.82) is 0 Å². The molecule has 2 aromatic rings. The van der Waals surface area contributed by atoms with Crippen LogP contribution in [0.2, 0.25) is 0 Å². The number of hydrogen-bond donors (Lipinski definition) is 0. The predicted octanol–water partition coefficient (Wildman–Crippen LogP) is 3.34. The Morgan fingerprint density at radius 3 is 2.89 bits per heavy atom. The normalized spacial score (nSPS) is 18.3. The first-order valence-electron chi connectivity index (χ1n) is 6.15. The van der Waals surface area contributed by atoms with Crippen molar-refractivity contribution < 1.29 is 9.13 Å². The van der Waals surface area contributed by atoms with E-state index in [1.165, 1.54) is 6.07 Å². The van der Waals surface area contributed by atoms with Crippen LogP contribution in [0.3, 0.4) is 0 Å². The van der Waals surface area contributed by atoms with Crippen LogP contribution in [0.1, 0.15) is 24.9 Å². The van der Waals surface area contributed by atoms with Crippen molar-refractivity contribution in [2.75, 3.05) is 6.61 Å². The van der Waals surface area contributed by atoms with Gasteiger partial charge >= 0.3 is 0 Å². The number of ether oxygens (including phenoxy) is 1. The molecule has 1 aromatic heterocycles. The standard InChI is InChI=1S/C14H15FN2O/c1-9-7-8-18-14-10(2)13(16-17(9)14)11-5-3-4-6-12(11)15/h3-6,9H,7-8H2,1-2H3. The average molecular weight is 246 g/mol. The molecule has 0 amide bonds. The lowest BCUT2D eigenvalue weighted by molar-refractivity contribution is 0.200. The molecule has 4 heteroatoms. The van der Waals surface area contributed by atoms with Crippen molar-refractivity contribution in [1.82, 2.24) is 9.78 Å². The Hall–Kier alpha value is -1.84. The van der Waals surface area contributed by atoms with Gasteiger partial charge in [0, 0.05) is 17.5 Å². The smallest absolute Gasteiger partial charge is 0.215 e. The van der Waals surface area contributed by atoms with Crippen LogP contribution in [0.4, 0.5) is 4.39 Å². The van der Waals surface area contributed by atoms with Crippen molar-refractivity contribution in [3.63, 3.8) is 0 Å². The zero-order valence-electron chi connectivity index (χ0n) is 10.5. The summed E-state index contributed by atoms with van der Waals surface area (Å²) < 4.78 is 21.3. The Morgan fingerprint density at radius 1 is 1.39 bits per heavy atom. The van der Waals surface area contributed by atoms with E-state index in [-0.39, 0.29) is 5.82 Å². The van der Waals surface area contributed by atoms with Crippen molar-refractivity contribution >= 4 is 0 Å². The van der Waals surface area contributed by atoms with E-state index >= 15 is 0 Å². The topological polar surface area (TPSA) is 27.1 Å². The van der Waals surface area contributed by atoms with Crippen molar-refractivity contribution in [3.05, 3.63) is 35.6 Å². The van der Waals surface area contributed by atoms with Crippen LogP contribution in [-0.4, -0.2) is 16.4 Å². The molecule has 94 valence electrons. The van der Waals surface area contributed by atoms with Crippen molar-refractivity contribution in [2.24, 2.45) is 0 Å². The molecule has 0 aliphatic carbocycles. The zero-order valence-corrected chi connectivity index (χ0v) is 10.5. The second-order valence-corrected chi connectivity index (χ2v) is 4.69. The summed E-state index contributed by atoms with van der Waals surface area (Å²) in [5.41, 5.74) is 2.12. The third-order valence-corrected chi connectivity index (χ3v) is 3.41. The summed E-state index contributed by atoms with van der Waals surface area (Å²) >= 11 is 0.